The summed E-state index contributed by atoms with van der Waals surface area (Å²) in [4.78, 5) is 13.5. The van der Waals surface area contributed by atoms with E-state index in [9.17, 15) is 4.79 Å². The number of hydrogen-bond acceptors (Lipinski definition) is 4. The van der Waals surface area contributed by atoms with Crippen molar-refractivity contribution in [3.8, 4) is 0 Å². The van der Waals surface area contributed by atoms with Crippen LogP contribution in [0.5, 0.6) is 0 Å². The maximum absolute atomic E-state index is 10.9. The molecule has 0 aliphatic carbocycles. The molecule has 0 bridgehead atoms. The minimum Gasteiger partial charge on any atom is -0.469 e. The Kier molecular flexibility index (Phi) is 6.32. The van der Waals surface area contributed by atoms with Crippen molar-refractivity contribution in [3.05, 3.63) is 10.4 Å². The van der Waals surface area contributed by atoms with Gasteiger partial charge in [-0.05, 0) is 24.0 Å². The van der Waals surface area contributed by atoms with Crippen LogP contribution in [0.25, 0.3) is 10.4 Å². The van der Waals surface area contributed by atoms with Crippen molar-refractivity contribution in [3.63, 3.8) is 0 Å². The predicted molar refractivity (Wildman–Crippen MR) is 47.9 cm³/mol. The third kappa shape index (κ3) is 4.10. The van der Waals surface area contributed by atoms with E-state index in [0.717, 1.165) is 5.75 Å². The highest BCUT2D eigenvalue weighted by molar-refractivity contribution is 7.98. The van der Waals surface area contributed by atoms with E-state index in [4.69, 9.17) is 5.53 Å². The molecule has 0 aliphatic heterocycles. The van der Waals surface area contributed by atoms with Crippen molar-refractivity contribution in [1.82, 2.24) is 0 Å². The first-order valence-corrected chi connectivity index (χ1v) is 4.76. The van der Waals surface area contributed by atoms with Crippen molar-refractivity contribution >= 4 is 17.7 Å². The summed E-state index contributed by atoms with van der Waals surface area (Å²) in [5.41, 5.74) is 8.12. The molecule has 0 amide bonds. The Labute approximate surface area is 75.1 Å². The van der Waals surface area contributed by atoms with Gasteiger partial charge in [0.25, 0.3) is 0 Å². The van der Waals surface area contributed by atoms with Gasteiger partial charge in [0.2, 0.25) is 0 Å². The van der Waals surface area contributed by atoms with Crippen LogP contribution in [0.1, 0.15) is 6.42 Å². The lowest BCUT2D eigenvalue weighted by atomic mass is 10.2. The van der Waals surface area contributed by atoms with Crippen molar-refractivity contribution in [1.29, 1.82) is 0 Å². The minimum absolute atomic E-state index is 0.471. The Morgan fingerprint density at radius 3 is 2.92 bits per heavy atom. The smallest absolute Gasteiger partial charge is 0.314 e. The number of azide groups is 1. The Balaban J connectivity index is 4.03. The van der Waals surface area contributed by atoms with E-state index in [2.05, 4.69) is 14.8 Å². The van der Waals surface area contributed by atoms with E-state index in [1.165, 1.54) is 7.11 Å². The van der Waals surface area contributed by atoms with Gasteiger partial charge in [-0.3, -0.25) is 4.79 Å². The number of thioether (sulfide) groups is 1. The second-order valence-electron chi connectivity index (χ2n) is 2.03. The van der Waals surface area contributed by atoms with Crippen molar-refractivity contribution < 1.29 is 9.53 Å². The molecule has 12 heavy (non-hydrogen) atoms. The Morgan fingerprint density at radius 1 is 1.83 bits per heavy atom. The van der Waals surface area contributed by atoms with Gasteiger partial charge in [-0.25, -0.2) is 0 Å². The standard InChI is InChI=1S/C6H11N3O2S/c1-11-6(10)5(8-9-7)3-4-12-2/h5H,3-4H2,1-2H3/t5-/m0/s1. The number of carbonyl (C=O) groups excluding carboxylic acids is 1. The molecular weight excluding hydrogens is 178 g/mol. The largest absolute Gasteiger partial charge is 0.469 e. The maximum atomic E-state index is 10.9. The molecule has 0 radical (unpaired) electrons. The molecule has 0 aromatic rings. The van der Waals surface area contributed by atoms with E-state index in [0.29, 0.717) is 6.42 Å². The second kappa shape index (κ2) is 6.82. The van der Waals surface area contributed by atoms with E-state index in [-0.39, 0.29) is 0 Å². The van der Waals surface area contributed by atoms with Crippen LogP contribution in [0.4, 0.5) is 0 Å². The molecule has 0 aromatic carbocycles. The zero-order chi connectivity index (χ0) is 9.40. The summed E-state index contributed by atoms with van der Waals surface area (Å²) in [6, 6.07) is -0.674. The normalized spacial score (nSPS) is 11.5. The van der Waals surface area contributed by atoms with Gasteiger partial charge in [0.15, 0.2) is 0 Å². The van der Waals surface area contributed by atoms with Crippen molar-refractivity contribution in [2.75, 3.05) is 19.1 Å². The lowest BCUT2D eigenvalue weighted by Gasteiger charge is -2.06. The van der Waals surface area contributed by atoms with Crippen LogP contribution in [0.15, 0.2) is 5.11 Å². The fraction of sp³-hybridized carbons (Fsp3) is 0.833. The molecule has 0 saturated carbocycles. The molecule has 6 heteroatoms. The lowest BCUT2D eigenvalue weighted by Crippen LogP contribution is -2.20. The highest BCUT2D eigenvalue weighted by Crippen LogP contribution is 2.05. The number of esters is 1. The number of nitrogens with zero attached hydrogens (tertiary/aromatic N) is 3. The molecule has 0 N–H and O–H groups in total. The van der Waals surface area contributed by atoms with Crippen LogP contribution >= 0.6 is 11.8 Å². The molecule has 0 aromatic heterocycles. The number of hydrogen-bond donors (Lipinski definition) is 0. The first-order valence-electron chi connectivity index (χ1n) is 3.37. The summed E-state index contributed by atoms with van der Waals surface area (Å²) >= 11 is 1.59. The summed E-state index contributed by atoms with van der Waals surface area (Å²) in [6.07, 6.45) is 2.45. The summed E-state index contributed by atoms with van der Waals surface area (Å²) in [6.45, 7) is 0. The first-order chi connectivity index (χ1) is 5.76. The molecule has 1 atom stereocenters. The Morgan fingerprint density at radius 2 is 2.50 bits per heavy atom. The monoisotopic (exact) mass is 189 g/mol. The van der Waals surface area contributed by atoms with Crippen molar-refractivity contribution in [2.45, 2.75) is 12.5 Å². The van der Waals surface area contributed by atoms with Gasteiger partial charge in [-0.15, -0.1) is 0 Å². The Bertz CT molecular complexity index is 191. The fourth-order valence-corrected chi connectivity index (χ4v) is 1.11. The van der Waals surface area contributed by atoms with E-state index in [1.807, 2.05) is 6.26 Å². The van der Waals surface area contributed by atoms with Crippen LogP contribution in [0.2, 0.25) is 0 Å². The lowest BCUT2D eigenvalue weighted by molar-refractivity contribution is -0.142. The second-order valence-corrected chi connectivity index (χ2v) is 3.01. The number of methoxy groups -OCH3 is 1. The molecule has 0 unspecified atom stereocenters. The molecular formula is C6H11N3O2S. The van der Waals surface area contributed by atoms with E-state index in [1.54, 1.807) is 11.8 Å². The molecule has 5 nitrogen and oxygen atoms in total. The average molecular weight is 189 g/mol. The van der Waals surface area contributed by atoms with E-state index >= 15 is 0 Å². The highest BCUT2D eigenvalue weighted by Gasteiger charge is 2.15. The minimum atomic E-state index is -0.674. The van der Waals surface area contributed by atoms with Crippen LogP contribution < -0.4 is 0 Å². The number of rotatable bonds is 5. The number of carbonyl (C=O) groups is 1. The average Bonchev–Trinajstić information content (AvgIpc) is 2.11. The first kappa shape index (κ1) is 11.1. The molecule has 0 spiro atoms. The van der Waals surface area contributed by atoms with Crippen LogP contribution in [-0.2, 0) is 9.53 Å². The molecule has 0 fully saturated rings. The van der Waals surface area contributed by atoms with Gasteiger partial charge in [-0.1, -0.05) is 5.11 Å². The van der Waals surface area contributed by atoms with Crippen LogP contribution in [0, 0.1) is 0 Å². The van der Waals surface area contributed by atoms with Gasteiger partial charge in [0.1, 0.15) is 6.04 Å². The van der Waals surface area contributed by atoms with Crippen LogP contribution in [-0.4, -0.2) is 31.1 Å². The molecule has 0 aliphatic rings. The van der Waals surface area contributed by atoms with E-state index < -0.39 is 12.0 Å². The zero-order valence-electron chi connectivity index (χ0n) is 7.06. The van der Waals surface area contributed by atoms with Gasteiger partial charge >= 0.3 is 5.97 Å². The number of ether oxygens (including phenoxy) is 1. The summed E-state index contributed by atoms with van der Waals surface area (Å²) < 4.78 is 4.45. The molecule has 0 rings (SSSR count). The SMILES string of the molecule is COC(=O)[C@H](CCSC)N=[N+]=[N-]. The highest BCUT2D eigenvalue weighted by atomic mass is 32.2. The van der Waals surface area contributed by atoms with Gasteiger partial charge in [-0.2, -0.15) is 11.8 Å². The van der Waals surface area contributed by atoms with Gasteiger partial charge in [0, 0.05) is 4.91 Å². The summed E-state index contributed by atoms with van der Waals surface area (Å²) in [5, 5.41) is 3.33. The third-order valence-electron chi connectivity index (χ3n) is 1.26. The van der Waals surface area contributed by atoms with Crippen LogP contribution in [0.3, 0.4) is 0 Å². The predicted octanol–water partition coefficient (Wildman–Crippen LogP) is 1.59. The third-order valence-corrected chi connectivity index (χ3v) is 1.90. The van der Waals surface area contributed by atoms with Crippen molar-refractivity contribution in [2.24, 2.45) is 5.11 Å². The summed E-state index contributed by atoms with van der Waals surface area (Å²) in [5.74, 6) is 0.306. The fourth-order valence-electron chi connectivity index (χ4n) is 0.651. The molecule has 0 heterocycles. The van der Waals surface area contributed by atoms with Gasteiger partial charge in [0.05, 0.1) is 7.11 Å². The molecule has 0 saturated heterocycles. The quantitative estimate of drug-likeness (QED) is 0.285. The zero-order valence-corrected chi connectivity index (χ0v) is 7.87. The Hall–Kier alpha value is -0.870. The maximum Gasteiger partial charge on any atom is 0.314 e. The van der Waals surface area contributed by atoms with Gasteiger partial charge < -0.3 is 4.74 Å². The topological polar surface area (TPSA) is 75.1 Å². The summed E-state index contributed by atoms with van der Waals surface area (Å²) in [7, 11) is 1.28. The molecule has 68 valence electrons.